The summed E-state index contributed by atoms with van der Waals surface area (Å²) < 4.78 is 38.4. The standard InChI is InChI=1S/C23H40FN3O4Si2/c1-15-13-27(19(28)26-17(15)25)16-12-21(30-32(5,6)7)14-22(24)10-11-23(22,18(21)29-16)31-33(8,9)20(2,3)4/h13,16,18H,10-12,14H2,1-9H3,(H2,25,26,28)/t16-,18+,21?,22-,23?/m1/s1. The Labute approximate surface area is 198 Å². The van der Waals surface area contributed by atoms with Crippen molar-refractivity contribution >= 4 is 22.5 Å². The van der Waals surface area contributed by atoms with E-state index in [2.05, 4.69) is 58.5 Å². The summed E-state index contributed by atoms with van der Waals surface area (Å²) in [6, 6.07) is 0. The van der Waals surface area contributed by atoms with Crippen LogP contribution in [0.15, 0.2) is 11.0 Å². The molecule has 1 aliphatic heterocycles. The maximum atomic E-state index is 16.6. The molecule has 3 fully saturated rings. The number of alkyl halides is 1. The van der Waals surface area contributed by atoms with Crippen LogP contribution in [0.4, 0.5) is 10.2 Å². The van der Waals surface area contributed by atoms with Crippen LogP contribution in [-0.2, 0) is 13.6 Å². The number of nitrogens with two attached hydrogens (primary N) is 1. The summed E-state index contributed by atoms with van der Waals surface area (Å²) >= 11 is 0. The van der Waals surface area contributed by atoms with E-state index < -0.39 is 51.5 Å². The second-order valence-corrected chi connectivity index (χ2v) is 22.0. The van der Waals surface area contributed by atoms with Crippen LogP contribution in [0.1, 0.15) is 58.2 Å². The highest BCUT2D eigenvalue weighted by Crippen LogP contribution is 2.69. The molecule has 1 aromatic heterocycles. The van der Waals surface area contributed by atoms with Crippen LogP contribution in [0.3, 0.4) is 0 Å². The molecule has 1 saturated heterocycles. The molecule has 2 heterocycles. The first-order valence-corrected chi connectivity index (χ1v) is 18.3. The lowest BCUT2D eigenvalue weighted by Gasteiger charge is -2.56. The molecule has 2 N–H and O–H groups in total. The molecule has 4 rings (SSSR count). The van der Waals surface area contributed by atoms with Crippen molar-refractivity contribution in [2.45, 2.75) is 120 Å². The van der Waals surface area contributed by atoms with Gasteiger partial charge in [-0.15, -0.1) is 0 Å². The molecular weight excluding hydrogens is 457 g/mol. The quantitative estimate of drug-likeness (QED) is 0.594. The fourth-order valence-corrected chi connectivity index (χ4v) is 8.74. The largest absolute Gasteiger partial charge is 0.409 e. The summed E-state index contributed by atoms with van der Waals surface area (Å²) in [7, 11) is -4.41. The molecule has 7 nitrogen and oxygen atoms in total. The zero-order valence-electron chi connectivity index (χ0n) is 21.5. The summed E-state index contributed by atoms with van der Waals surface area (Å²) in [5, 5.41) is -0.0733. The normalized spacial score (nSPS) is 36.4. The van der Waals surface area contributed by atoms with E-state index >= 15 is 4.39 Å². The molecule has 33 heavy (non-hydrogen) atoms. The lowest BCUT2D eigenvalue weighted by molar-refractivity contribution is -0.211. The van der Waals surface area contributed by atoms with Gasteiger partial charge in [-0.05, 0) is 57.5 Å². The molecule has 10 heteroatoms. The summed E-state index contributed by atoms with van der Waals surface area (Å²) in [6.07, 6.45) is 2.17. The molecule has 3 aliphatic rings. The highest BCUT2D eigenvalue weighted by Gasteiger charge is 2.81. The number of nitrogens with zero attached hydrogens (tertiary/aromatic N) is 2. The monoisotopic (exact) mass is 497 g/mol. The van der Waals surface area contributed by atoms with Crippen LogP contribution in [0.25, 0.3) is 0 Å². The Kier molecular flexibility index (Phi) is 5.48. The van der Waals surface area contributed by atoms with Crippen LogP contribution in [0.5, 0.6) is 0 Å². The molecule has 0 amide bonds. The van der Waals surface area contributed by atoms with Gasteiger partial charge in [0.15, 0.2) is 16.6 Å². The number of aryl methyl sites for hydroxylation is 1. The maximum absolute atomic E-state index is 16.6. The number of halogens is 1. The van der Waals surface area contributed by atoms with Crippen LogP contribution in [0.2, 0.25) is 37.8 Å². The Morgan fingerprint density at radius 1 is 1.21 bits per heavy atom. The van der Waals surface area contributed by atoms with Crippen molar-refractivity contribution in [3.05, 3.63) is 22.2 Å². The molecule has 2 unspecified atom stereocenters. The number of hydrogen-bond acceptors (Lipinski definition) is 6. The van der Waals surface area contributed by atoms with Crippen molar-refractivity contribution in [1.82, 2.24) is 9.55 Å². The van der Waals surface area contributed by atoms with Gasteiger partial charge in [0, 0.05) is 24.6 Å². The van der Waals surface area contributed by atoms with E-state index in [0.717, 1.165) is 0 Å². The molecule has 0 spiro atoms. The van der Waals surface area contributed by atoms with Crippen molar-refractivity contribution < 1.29 is 18.0 Å². The van der Waals surface area contributed by atoms with Crippen LogP contribution in [-0.4, -0.2) is 49.2 Å². The van der Waals surface area contributed by atoms with Crippen molar-refractivity contribution in [2.75, 3.05) is 5.73 Å². The number of ether oxygens (including phenoxy) is 1. The van der Waals surface area contributed by atoms with Gasteiger partial charge in [0.05, 0.1) is 5.60 Å². The summed E-state index contributed by atoms with van der Waals surface area (Å²) in [6.45, 7) is 18.9. The molecule has 2 saturated carbocycles. The second-order valence-electron chi connectivity index (χ2n) is 12.8. The van der Waals surface area contributed by atoms with Gasteiger partial charge in [-0.3, -0.25) is 4.57 Å². The van der Waals surface area contributed by atoms with Crippen LogP contribution < -0.4 is 11.4 Å². The first-order chi connectivity index (χ1) is 14.8. The fraction of sp³-hybridized carbons (Fsp3) is 0.826. The van der Waals surface area contributed by atoms with Gasteiger partial charge in [-0.2, -0.15) is 4.98 Å². The Morgan fingerprint density at radius 3 is 2.36 bits per heavy atom. The Balaban J connectivity index is 1.79. The third-order valence-electron chi connectivity index (χ3n) is 8.18. The smallest absolute Gasteiger partial charge is 0.351 e. The minimum Gasteiger partial charge on any atom is -0.409 e. The summed E-state index contributed by atoms with van der Waals surface area (Å²) in [5.74, 6) is 0.210. The lowest BCUT2D eigenvalue weighted by atomic mass is 9.68. The number of anilines is 1. The Bertz CT molecular complexity index is 1020. The van der Waals surface area contributed by atoms with Crippen molar-refractivity contribution in [3.63, 3.8) is 0 Å². The number of nitrogen functional groups attached to an aromatic ring is 1. The van der Waals surface area contributed by atoms with E-state index in [9.17, 15) is 4.79 Å². The van der Waals surface area contributed by atoms with E-state index in [0.29, 0.717) is 24.8 Å². The Morgan fingerprint density at radius 2 is 1.85 bits per heavy atom. The van der Waals surface area contributed by atoms with E-state index in [-0.39, 0.29) is 17.3 Å². The van der Waals surface area contributed by atoms with Gasteiger partial charge in [0.2, 0.25) is 0 Å². The lowest BCUT2D eigenvalue weighted by Crippen LogP contribution is -2.68. The zero-order chi connectivity index (χ0) is 24.8. The topological polar surface area (TPSA) is 88.6 Å². The van der Waals surface area contributed by atoms with Gasteiger partial charge in [-0.1, -0.05) is 20.8 Å². The fourth-order valence-electron chi connectivity index (χ4n) is 5.65. The molecule has 2 aliphatic carbocycles. The van der Waals surface area contributed by atoms with Crippen LogP contribution in [0, 0.1) is 6.92 Å². The van der Waals surface area contributed by atoms with Gasteiger partial charge < -0.3 is 19.3 Å². The van der Waals surface area contributed by atoms with Gasteiger partial charge >= 0.3 is 5.69 Å². The minimum atomic E-state index is -2.32. The van der Waals surface area contributed by atoms with E-state index in [1.807, 2.05) is 6.92 Å². The SMILES string of the molecule is Cc1cn([C@H]2CC3(O[Si](C)(C)C)C[C@]4(F)CCC4(O[Si](C)(C)C(C)(C)C)[C@H]3O2)c(=O)nc1N. The van der Waals surface area contributed by atoms with Gasteiger partial charge in [0.25, 0.3) is 0 Å². The third kappa shape index (κ3) is 3.76. The Hall–Kier alpha value is -1.08. The predicted molar refractivity (Wildman–Crippen MR) is 132 cm³/mol. The molecular formula is C23H40FN3O4Si2. The molecule has 0 radical (unpaired) electrons. The average molecular weight is 498 g/mol. The van der Waals surface area contributed by atoms with Crippen molar-refractivity contribution in [2.24, 2.45) is 0 Å². The van der Waals surface area contributed by atoms with E-state index in [1.165, 1.54) is 4.57 Å². The van der Waals surface area contributed by atoms with Crippen LogP contribution >= 0.6 is 0 Å². The van der Waals surface area contributed by atoms with E-state index in [4.69, 9.17) is 19.3 Å². The molecule has 0 aromatic carbocycles. The molecule has 5 atom stereocenters. The number of rotatable bonds is 5. The van der Waals surface area contributed by atoms with Gasteiger partial charge in [0.1, 0.15) is 29.4 Å². The molecule has 0 bridgehead atoms. The minimum absolute atomic E-state index is 0.0733. The second kappa shape index (κ2) is 7.22. The van der Waals surface area contributed by atoms with Crippen molar-refractivity contribution in [3.8, 4) is 0 Å². The molecule has 1 aromatic rings. The van der Waals surface area contributed by atoms with E-state index in [1.54, 1.807) is 6.20 Å². The predicted octanol–water partition coefficient (Wildman–Crippen LogP) is 4.68. The highest BCUT2D eigenvalue weighted by molar-refractivity contribution is 6.74. The first kappa shape index (κ1) is 25.0. The molecule has 186 valence electrons. The zero-order valence-corrected chi connectivity index (χ0v) is 23.5. The van der Waals surface area contributed by atoms with Crippen molar-refractivity contribution in [1.29, 1.82) is 0 Å². The summed E-state index contributed by atoms with van der Waals surface area (Å²) in [4.78, 5) is 16.7. The summed E-state index contributed by atoms with van der Waals surface area (Å²) in [5.41, 5.74) is 2.70. The number of aromatic nitrogens is 2. The maximum Gasteiger partial charge on any atom is 0.351 e. The third-order valence-corrected chi connectivity index (χ3v) is 13.7. The number of fused-ring (bicyclic) bond motifs is 3. The highest BCUT2D eigenvalue weighted by atomic mass is 28.4. The first-order valence-electron chi connectivity index (χ1n) is 11.9. The number of hydrogen-bond donors (Lipinski definition) is 1. The van der Waals surface area contributed by atoms with Gasteiger partial charge in [-0.25, -0.2) is 9.18 Å². The average Bonchev–Trinajstić information content (AvgIpc) is 3.01.